The molecule has 2 nitrogen and oxygen atoms in total. The third-order valence-electron chi connectivity index (χ3n) is 3.13. The molecule has 3 heteroatoms. The van der Waals surface area contributed by atoms with Gasteiger partial charge >= 0.3 is 0 Å². The Morgan fingerprint density at radius 3 is 2.37 bits per heavy atom. The van der Waals surface area contributed by atoms with Crippen LogP contribution in [0.1, 0.15) is 22.3 Å². The third kappa shape index (κ3) is 3.18. The SMILES string of the molecule is Cc1ccc(Sc2ccc(C)c(C)c2)c(C(=N)N)c1. The summed E-state index contributed by atoms with van der Waals surface area (Å²) >= 11 is 1.65. The van der Waals surface area contributed by atoms with Crippen LogP contribution in [0.25, 0.3) is 0 Å². The maximum Gasteiger partial charge on any atom is 0.123 e. The lowest BCUT2D eigenvalue weighted by molar-refractivity contribution is 1.26. The van der Waals surface area contributed by atoms with Gasteiger partial charge in [-0.15, -0.1) is 0 Å². The Hall–Kier alpha value is -1.74. The molecule has 2 rings (SSSR count). The van der Waals surface area contributed by atoms with Gasteiger partial charge < -0.3 is 5.73 Å². The fraction of sp³-hybridized carbons (Fsp3) is 0.188. The molecular weight excluding hydrogens is 252 g/mol. The van der Waals surface area contributed by atoms with Gasteiger partial charge in [0, 0.05) is 15.4 Å². The number of hydrogen-bond donors (Lipinski definition) is 2. The van der Waals surface area contributed by atoms with Gasteiger partial charge in [-0.3, -0.25) is 5.41 Å². The van der Waals surface area contributed by atoms with Gasteiger partial charge in [0.15, 0.2) is 0 Å². The largest absolute Gasteiger partial charge is 0.384 e. The van der Waals surface area contributed by atoms with E-state index in [1.165, 1.54) is 16.0 Å². The number of hydrogen-bond acceptors (Lipinski definition) is 2. The monoisotopic (exact) mass is 270 g/mol. The highest BCUT2D eigenvalue weighted by molar-refractivity contribution is 7.99. The van der Waals surface area contributed by atoms with Crippen molar-refractivity contribution in [2.45, 2.75) is 30.6 Å². The van der Waals surface area contributed by atoms with Gasteiger partial charge in [0.05, 0.1) is 0 Å². The van der Waals surface area contributed by atoms with E-state index in [9.17, 15) is 0 Å². The van der Waals surface area contributed by atoms with Gasteiger partial charge in [-0.25, -0.2) is 0 Å². The molecule has 0 spiro atoms. The zero-order valence-corrected chi connectivity index (χ0v) is 12.3. The van der Waals surface area contributed by atoms with E-state index in [0.29, 0.717) is 0 Å². The van der Waals surface area contributed by atoms with E-state index < -0.39 is 0 Å². The molecule has 0 saturated heterocycles. The number of aryl methyl sites for hydroxylation is 3. The molecule has 0 heterocycles. The van der Waals surface area contributed by atoms with Crippen LogP contribution in [-0.2, 0) is 0 Å². The van der Waals surface area contributed by atoms with Crippen LogP contribution in [-0.4, -0.2) is 5.84 Å². The minimum atomic E-state index is 0.120. The zero-order valence-electron chi connectivity index (χ0n) is 11.4. The van der Waals surface area contributed by atoms with Crippen molar-refractivity contribution in [3.8, 4) is 0 Å². The summed E-state index contributed by atoms with van der Waals surface area (Å²) in [6.45, 7) is 6.23. The average Bonchev–Trinajstić information content (AvgIpc) is 2.36. The number of amidine groups is 1. The van der Waals surface area contributed by atoms with Crippen molar-refractivity contribution < 1.29 is 0 Å². The molecule has 3 N–H and O–H groups in total. The molecule has 0 aliphatic rings. The van der Waals surface area contributed by atoms with Gasteiger partial charge in [-0.1, -0.05) is 29.5 Å². The first-order chi connectivity index (χ1) is 8.97. The molecule has 0 fully saturated rings. The Morgan fingerprint density at radius 2 is 1.74 bits per heavy atom. The highest BCUT2D eigenvalue weighted by Gasteiger charge is 2.08. The number of nitrogens with two attached hydrogens (primary N) is 1. The van der Waals surface area contributed by atoms with Gasteiger partial charge in [0.1, 0.15) is 5.84 Å². The summed E-state index contributed by atoms with van der Waals surface area (Å²) in [5.74, 6) is 0.120. The van der Waals surface area contributed by atoms with Gasteiger partial charge in [-0.2, -0.15) is 0 Å². The molecule has 0 aliphatic carbocycles. The van der Waals surface area contributed by atoms with Gasteiger partial charge in [0.25, 0.3) is 0 Å². The van der Waals surface area contributed by atoms with Crippen LogP contribution >= 0.6 is 11.8 Å². The predicted molar refractivity (Wildman–Crippen MR) is 82.2 cm³/mol. The van der Waals surface area contributed by atoms with Crippen molar-refractivity contribution in [2.24, 2.45) is 5.73 Å². The number of benzene rings is 2. The first kappa shape index (κ1) is 13.7. The summed E-state index contributed by atoms with van der Waals surface area (Å²) in [7, 11) is 0. The maximum atomic E-state index is 7.68. The van der Waals surface area contributed by atoms with E-state index in [-0.39, 0.29) is 5.84 Å². The highest BCUT2D eigenvalue weighted by atomic mass is 32.2. The molecule has 0 amide bonds. The smallest absolute Gasteiger partial charge is 0.123 e. The fourth-order valence-corrected chi connectivity index (χ4v) is 2.89. The Kier molecular flexibility index (Phi) is 3.96. The summed E-state index contributed by atoms with van der Waals surface area (Å²) in [5.41, 5.74) is 10.2. The van der Waals surface area contributed by atoms with E-state index >= 15 is 0 Å². The van der Waals surface area contributed by atoms with Gasteiger partial charge in [-0.05, 0) is 56.2 Å². The van der Waals surface area contributed by atoms with Crippen LogP contribution in [0.3, 0.4) is 0 Å². The van der Waals surface area contributed by atoms with E-state index in [1.54, 1.807) is 11.8 Å². The van der Waals surface area contributed by atoms with Crippen molar-refractivity contribution in [2.75, 3.05) is 0 Å². The van der Waals surface area contributed by atoms with Gasteiger partial charge in [0.2, 0.25) is 0 Å². The molecular formula is C16H18N2S. The van der Waals surface area contributed by atoms with Crippen LogP contribution in [0.5, 0.6) is 0 Å². The standard InChI is InChI=1S/C16H18N2S/c1-10-4-7-15(14(8-10)16(17)18)19-13-6-5-11(2)12(3)9-13/h4-9H,1-3H3,(H3,17,18). The molecule has 98 valence electrons. The number of rotatable bonds is 3. The maximum absolute atomic E-state index is 7.68. The molecule has 0 radical (unpaired) electrons. The summed E-state index contributed by atoms with van der Waals surface area (Å²) in [5, 5.41) is 7.68. The number of nitrogens with one attached hydrogen (secondary N) is 1. The molecule has 2 aromatic carbocycles. The second-order valence-electron chi connectivity index (χ2n) is 4.76. The zero-order chi connectivity index (χ0) is 14.0. The van der Waals surface area contributed by atoms with Crippen LogP contribution in [0.15, 0.2) is 46.2 Å². The Bertz CT molecular complexity index is 633. The van der Waals surface area contributed by atoms with E-state index in [1.807, 2.05) is 19.1 Å². The summed E-state index contributed by atoms with van der Waals surface area (Å²) in [4.78, 5) is 2.20. The predicted octanol–water partition coefficient (Wildman–Crippen LogP) is 4.05. The minimum Gasteiger partial charge on any atom is -0.384 e. The van der Waals surface area contributed by atoms with E-state index in [4.69, 9.17) is 11.1 Å². The molecule has 0 unspecified atom stereocenters. The normalized spacial score (nSPS) is 10.5. The molecule has 0 saturated carbocycles. The van der Waals surface area contributed by atoms with E-state index in [2.05, 4.69) is 38.1 Å². The molecule has 0 aliphatic heterocycles. The highest BCUT2D eigenvalue weighted by Crippen LogP contribution is 2.31. The van der Waals surface area contributed by atoms with Crippen LogP contribution < -0.4 is 5.73 Å². The quantitative estimate of drug-likeness (QED) is 0.653. The lowest BCUT2D eigenvalue weighted by atomic mass is 10.1. The van der Waals surface area contributed by atoms with Crippen molar-refractivity contribution in [3.63, 3.8) is 0 Å². The third-order valence-corrected chi connectivity index (χ3v) is 4.20. The van der Waals surface area contributed by atoms with Crippen molar-refractivity contribution >= 4 is 17.6 Å². The van der Waals surface area contributed by atoms with Crippen molar-refractivity contribution in [1.29, 1.82) is 5.41 Å². The lowest BCUT2D eigenvalue weighted by Crippen LogP contribution is -2.12. The van der Waals surface area contributed by atoms with Crippen molar-refractivity contribution in [1.82, 2.24) is 0 Å². The summed E-state index contributed by atoms with van der Waals surface area (Å²) in [6, 6.07) is 12.5. The molecule has 0 atom stereocenters. The first-order valence-corrected chi connectivity index (χ1v) is 6.99. The molecule has 0 bridgehead atoms. The molecule has 0 aromatic heterocycles. The number of nitrogen functional groups attached to an aromatic ring is 1. The van der Waals surface area contributed by atoms with Crippen LogP contribution in [0.2, 0.25) is 0 Å². The van der Waals surface area contributed by atoms with E-state index in [0.717, 1.165) is 16.0 Å². The van der Waals surface area contributed by atoms with Crippen molar-refractivity contribution in [3.05, 3.63) is 58.7 Å². The average molecular weight is 270 g/mol. The second kappa shape index (κ2) is 5.49. The van der Waals surface area contributed by atoms with Crippen LogP contribution in [0.4, 0.5) is 0 Å². The molecule has 19 heavy (non-hydrogen) atoms. The molecule has 2 aromatic rings. The first-order valence-electron chi connectivity index (χ1n) is 6.17. The summed E-state index contributed by atoms with van der Waals surface area (Å²) in [6.07, 6.45) is 0. The minimum absolute atomic E-state index is 0.120. The van der Waals surface area contributed by atoms with Crippen LogP contribution in [0, 0.1) is 26.2 Å². The summed E-state index contributed by atoms with van der Waals surface area (Å²) < 4.78 is 0. The lowest BCUT2D eigenvalue weighted by Gasteiger charge is -2.10. The topological polar surface area (TPSA) is 49.9 Å². The Balaban J connectivity index is 2.37. The fourth-order valence-electron chi connectivity index (χ4n) is 1.85. The second-order valence-corrected chi connectivity index (χ2v) is 5.88. The Morgan fingerprint density at radius 1 is 1.00 bits per heavy atom. The Labute approximate surface area is 118 Å².